The molecule has 3 fully saturated rings. The third kappa shape index (κ3) is 2.91. The van der Waals surface area contributed by atoms with Gasteiger partial charge < -0.3 is 19.8 Å². The number of aromatic hydroxyl groups is 1. The van der Waals surface area contributed by atoms with Crippen LogP contribution in [-0.4, -0.2) is 74.8 Å². The maximum atomic E-state index is 13.4. The van der Waals surface area contributed by atoms with Crippen molar-refractivity contribution in [1.82, 2.24) is 14.8 Å². The SMILES string of the molecule is CN(C(=O)Cc1cccnc1)[C@H]1CC[C@@]2(O)[C@@H]3Cc4ccc(O)c5c4[C@@]2(CCN3CC2CC2)[C@H]1O5. The van der Waals surface area contributed by atoms with Crippen molar-refractivity contribution >= 4 is 5.91 Å². The zero-order valence-corrected chi connectivity index (χ0v) is 20.2. The average Bonchev–Trinajstić information content (AvgIpc) is 3.60. The van der Waals surface area contributed by atoms with Crippen molar-refractivity contribution < 1.29 is 19.7 Å². The third-order valence-corrected chi connectivity index (χ3v) is 9.70. The molecule has 1 aromatic heterocycles. The molecule has 3 heterocycles. The predicted octanol–water partition coefficient (Wildman–Crippen LogP) is 2.42. The number of rotatable bonds is 5. The molecule has 7 heteroatoms. The molecule has 7 nitrogen and oxygen atoms in total. The second-order valence-electron chi connectivity index (χ2n) is 11.4. The molecule has 2 aliphatic heterocycles. The number of amides is 1. The van der Waals surface area contributed by atoms with Crippen molar-refractivity contribution in [1.29, 1.82) is 0 Å². The number of aromatic nitrogens is 1. The number of piperidine rings is 1. The number of hydrogen-bond donors (Lipinski definition) is 2. The van der Waals surface area contributed by atoms with Crippen molar-refractivity contribution in [2.75, 3.05) is 20.1 Å². The number of phenols is 1. The Bertz CT molecular complexity index is 1180. The molecular formula is C28H33N3O4. The summed E-state index contributed by atoms with van der Waals surface area (Å²) in [6, 6.07) is 7.40. The summed E-state index contributed by atoms with van der Waals surface area (Å²) in [4.78, 5) is 21.9. The second kappa shape index (κ2) is 7.43. The quantitative estimate of drug-likeness (QED) is 0.691. The Hall–Kier alpha value is -2.64. The summed E-state index contributed by atoms with van der Waals surface area (Å²) in [6.45, 7) is 1.97. The Morgan fingerprint density at radius 3 is 2.89 bits per heavy atom. The molecule has 5 atom stereocenters. The predicted molar refractivity (Wildman–Crippen MR) is 129 cm³/mol. The number of nitrogens with zero attached hydrogens (tertiary/aromatic N) is 3. The largest absolute Gasteiger partial charge is 0.504 e. The maximum Gasteiger partial charge on any atom is 0.227 e. The summed E-state index contributed by atoms with van der Waals surface area (Å²) in [6.07, 6.45) is 8.80. The van der Waals surface area contributed by atoms with Crippen LogP contribution in [0.2, 0.25) is 0 Å². The number of carbonyl (C=O) groups is 1. The van der Waals surface area contributed by atoms with E-state index in [1.54, 1.807) is 18.5 Å². The van der Waals surface area contributed by atoms with E-state index in [1.165, 1.54) is 18.4 Å². The summed E-state index contributed by atoms with van der Waals surface area (Å²) in [5, 5.41) is 23.4. The highest BCUT2D eigenvalue weighted by Crippen LogP contribution is 2.66. The first-order valence-electron chi connectivity index (χ1n) is 13.1. The molecular weight excluding hydrogens is 442 g/mol. The van der Waals surface area contributed by atoms with Crippen LogP contribution in [0.25, 0.3) is 0 Å². The number of phenolic OH excluding ortho intramolecular Hbond substituents is 1. The topological polar surface area (TPSA) is 86.1 Å². The van der Waals surface area contributed by atoms with E-state index in [0.29, 0.717) is 18.6 Å². The van der Waals surface area contributed by atoms with Crippen molar-refractivity contribution in [2.24, 2.45) is 5.92 Å². The van der Waals surface area contributed by atoms with Crippen LogP contribution in [-0.2, 0) is 23.1 Å². The number of likely N-dealkylation sites (tertiary alicyclic amines) is 1. The third-order valence-electron chi connectivity index (χ3n) is 9.70. The van der Waals surface area contributed by atoms with Gasteiger partial charge in [-0.2, -0.15) is 0 Å². The van der Waals surface area contributed by atoms with Crippen LogP contribution >= 0.6 is 0 Å². The Balaban J connectivity index is 1.28. The second-order valence-corrected chi connectivity index (χ2v) is 11.4. The molecule has 0 radical (unpaired) electrons. The molecule has 184 valence electrons. The molecule has 35 heavy (non-hydrogen) atoms. The summed E-state index contributed by atoms with van der Waals surface area (Å²) in [5.74, 6) is 1.44. The van der Waals surface area contributed by atoms with E-state index in [0.717, 1.165) is 43.0 Å². The highest BCUT2D eigenvalue weighted by atomic mass is 16.5. The number of pyridine rings is 1. The van der Waals surface area contributed by atoms with Gasteiger partial charge in [0.2, 0.25) is 5.91 Å². The molecule has 2 aromatic rings. The first kappa shape index (κ1) is 21.6. The van der Waals surface area contributed by atoms with Crippen LogP contribution in [0.3, 0.4) is 0 Å². The fourth-order valence-corrected chi connectivity index (χ4v) is 7.84. The van der Waals surface area contributed by atoms with Gasteiger partial charge >= 0.3 is 0 Å². The number of hydrogen-bond acceptors (Lipinski definition) is 6. The lowest BCUT2D eigenvalue weighted by atomic mass is 9.48. The summed E-state index contributed by atoms with van der Waals surface area (Å²) >= 11 is 0. The minimum atomic E-state index is -0.930. The average molecular weight is 476 g/mol. The zero-order chi connectivity index (χ0) is 23.9. The van der Waals surface area contributed by atoms with Crippen LogP contribution in [0, 0.1) is 5.92 Å². The van der Waals surface area contributed by atoms with Crippen LogP contribution in [0.1, 0.15) is 48.8 Å². The van der Waals surface area contributed by atoms with Gasteiger partial charge in [0.15, 0.2) is 11.5 Å². The maximum absolute atomic E-state index is 13.4. The Morgan fingerprint density at radius 1 is 1.26 bits per heavy atom. The molecule has 2 saturated carbocycles. The van der Waals surface area contributed by atoms with Crippen LogP contribution < -0.4 is 4.74 Å². The lowest BCUT2D eigenvalue weighted by Crippen LogP contribution is -2.78. The molecule has 1 spiro atoms. The van der Waals surface area contributed by atoms with Crippen molar-refractivity contribution in [3.63, 3.8) is 0 Å². The van der Waals surface area contributed by atoms with Gasteiger partial charge in [0.1, 0.15) is 6.10 Å². The first-order chi connectivity index (χ1) is 16.9. The minimum absolute atomic E-state index is 0.0207. The summed E-state index contributed by atoms with van der Waals surface area (Å²) in [7, 11) is 1.86. The molecule has 3 aliphatic carbocycles. The first-order valence-corrected chi connectivity index (χ1v) is 13.1. The molecule has 2 N–H and O–H groups in total. The van der Waals surface area contributed by atoms with Gasteiger partial charge in [-0.15, -0.1) is 0 Å². The minimum Gasteiger partial charge on any atom is -0.504 e. The summed E-state index contributed by atoms with van der Waals surface area (Å²) in [5.41, 5.74) is 1.54. The molecule has 1 aromatic carbocycles. The molecule has 1 saturated heterocycles. The van der Waals surface area contributed by atoms with E-state index in [9.17, 15) is 15.0 Å². The Kier molecular flexibility index (Phi) is 4.59. The number of ether oxygens (including phenoxy) is 1. The van der Waals surface area contributed by atoms with Gasteiger partial charge in [0.05, 0.1) is 23.5 Å². The fraction of sp³-hybridized carbons (Fsp3) is 0.571. The van der Waals surface area contributed by atoms with Crippen molar-refractivity contribution in [3.8, 4) is 11.5 Å². The number of likely N-dealkylation sites (N-methyl/N-ethyl adjacent to an activating group) is 1. The van der Waals surface area contributed by atoms with Gasteiger partial charge in [-0.25, -0.2) is 0 Å². The molecule has 0 unspecified atom stereocenters. The normalized spacial score (nSPS) is 34.7. The van der Waals surface area contributed by atoms with Crippen LogP contribution in [0.4, 0.5) is 0 Å². The van der Waals surface area contributed by atoms with Crippen molar-refractivity contribution in [2.45, 2.75) is 74.1 Å². The van der Waals surface area contributed by atoms with Crippen molar-refractivity contribution in [3.05, 3.63) is 53.3 Å². The Labute approximate surface area is 205 Å². The Morgan fingerprint density at radius 2 is 2.11 bits per heavy atom. The molecule has 5 aliphatic rings. The van der Waals surface area contributed by atoms with Gasteiger partial charge in [0, 0.05) is 37.6 Å². The van der Waals surface area contributed by atoms with Crippen LogP contribution in [0.15, 0.2) is 36.7 Å². The van der Waals surface area contributed by atoms with Gasteiger partial charge in [-0.05, 0) is 74.2 Å². The van der Waals surface area contributed by atoms with Gasteiger partial charge in [-0.1, -0.05) is 12.1 Å². The lowest BCUT2D eigenvalue weighted by Gasteiger charge is -2.64. The van der Waals surface area contributed by atoms with Crippen LogP contribution in [0.5, 0.6) is 11.5 Å². The highest BCUT2D eigenvalue weighted by Gasteiger charge is 2.73. The van der Waals surface area contributed by atoms with Gasteiger partial charge in [0.25, 0.3) is 0 Å². The van der Waals surface area contributed by atoms with E-state index in [-0.39, 0.29) is 36.3 Å². The van der Waals surface area contributed by atoms with E-state index in [1.807, 2.05) is 30.1 Å². The summed E-state index contributed by atoms with van der Waals surface area (Å²) < 4.78 is 6.60. The lowest BCUT2D eigenvalue weighted by molar-refractivity contribution is -0.200. The van der Waals surface area contributed by atoms with E-state index < -0.39 is 11.0 Å². The number of benzene rings is 1. The van der Waals surface area contributed by atoms with E-state index in [4.69, 9.17) is 4.74 Å². The van der Waals surface area contributed by atoms with Gasteiger partial charge in [-0.3, -0.25) is 14.7 Å². The van der Waals surface area contributed by atoms with E-state index >= 15 is 0 Å². The van der Waals surface area contributed by atoms with E-state index in [2.05, 4.69) is 9.88 Å². The molecule has 1 amide bonds. The monoisotopic (exact) mass is 475 g/mol. The number of aliphatic hydroxyl groups is 1. The zero-order valence-electron chi connectivity index (χ0n) is 20.2. The standard InChI is InChI=1S/C28H33N3O4/c1-30(23(33)13-18-3-2-11-29-15-18)20-8-9-28(34)22-14-19-6-7-21(32)25-24(19)27(28,26(20)35-25)10-12-31(22)16-17-4-5-17/h2-3,6-7,11,15,17,20,22,26,32,34H,4-5,8-10,12-14,16H2,1H3/t20-,22-,26-,27-,28+/m0/s1. The highest BCUT2D eigenvalue weighted by molar-refractivity contribution is 5.79. The molecule has 7 rings (SSSR count). The fourth-order valence-electron chi connectivity index (χ4n) is 7.84. The smallest absolute Gasteiger partial charge is 0.227 e. The number of carbonyl (C=O) groups excluding carboxylic acids is 1. The molecule has 2 bridgehead atoms.